The minimum Gasteiger partial charge on any atom is -0.481 e. The van der Waals surface area contributed by atoms with Gasteiger partial charge in [0.2, 0.25) is 12.3 Å². The second-order valence-electron chi connectivity index (χ2n) is 7.18. The average molecular weight is 410 g/mol. The molecule has 3 aromatic rings. The van der Waals surface area contributed by atoms with Crippen molar-refractivity contribution in [3.05, 3.63) is 51.3 Å². The summed E-state index contributed by atoms with van der Waals surface area (Å²) in [5, 5.41) is 2.87. The first-order chi connectivity index (χ1) is 13.9. The minimum atomic E-state index is 0.288. The van der Waals surface area contributed by atoms with Gasteiger partial charge in [0.05, 0.1) is 24.1 Å². The van der Waals surface area contributed by atoms with Crippen molar-refractivity contribution in [3.63, 3.8) is 0 Å². The maximum Gasteiger partial charge on any atom is 0.222 e. The molecule has 2 aromatic heterocycles. The number of amides is 1. The summed E-state index contributed by atoms with van der Waals surface area (Å²) in [6.45, 7) is 8.76. The summed E-state index contributed by atoms with van der Waals surface area (Å²) in [5.41, 5.74) is 12.3. The Balaban J connectivity index is 2.33. The van der Waals surface area contributed by atoms with E-state index < -0.39 is 0 Å². The van der Waals surface area contributed by atoms with Crippen molar-refractivity contribution in [1.82, 2.24) is 4.98 Å². The maximum absolute atomic E-state index is 11.4. The highest BCUT2D eigenvalue weighted by molar-refractivity contribution is 7.12. The van der Waals surface area contributed by atoms with E-state index in [2.05, 4.69) is 61.4 Å². The number of methoxy groups -OCH3 is 1. The van der Waals surface area contributed by atoms with Crippen molar-refractivity contribution >= 4 is 23.4 Å². The van der Waals surface area contributed by atoms with Crippen LogP contribution in [0.1, 0.15) is 33.9 Å². The zero-order valence-corrected chi connectivity index (χ0v) is 18.3. The van der Waals surface area contributed by atoms with Gasteiger partial charge in [-0.2, -0.15) is 0 Å². The molecule has 0 saturated carbocycles. The third-order valence-corrected chi connectivity index (χ3v) is 6.14. The first kappa shape index (κ1) is 21.0. The quantitative estimate of drug-likeness (QED) is 0.536. The number of rotatable bonds is 7. The predicted molar refractivity (Wildman–Crippen MR) is 121 cm³/mol. The van der Waals surface area contributed by atoms with E-state index in [0.29, 0.717) is 30.2 Å². The summed E-state index contributed by atoms with van der Waals surface area (Å²) < 4.78 is 5.68. The smallest absolute Gasteiger partial charge is 0.222 e. The lowest BCUT2D eigenvalue weighted by atomic mass is 9.91. The van der Waals surface area contributed by atoms with Crippen molar-refractivity contribution in [2.24, 2.45) is 5.73 Å². The molecule has 0 aliphatic rings. The number of carbonyl (C=O) groups is 1. The van der Waals surface area contributed by atoms with Crippen LogP contribution in [-0.2, 0) is 4.79 Å². The molecule has 0 fully saturated rings. The highest BCUT2D eigenvalue weighted by atomic mass is 32.1. The van der Waals surface area contributed by atoms with Gasteiger partial charge >= 0.3 is 0 Å². The number of hydrogen-bond donors (Lipinski definition) is 2. The van der Waals surface area contributed by atoms with Crippen LogP contribution in [0.3, 0.4) is 0 Å². The van der Waals surface area contributed by atoms with Crippen molar-refractivity contribution in [1.29, 1.82) is 0 Å². The molecule has 6 heteroatoms. The Morgan fingerprint density at radius 2 is 1.90 bits per heavy atom. The van der Waals surface area contributed by atoms with Crippen molar-refractivity contribution < 1.29 is 9.53 Å². The van der Waals surface area contributed by atoms with Crippen LogP contribution in [0.4, 0.5) is 5.69 Å². The maximum atomic E-state index is 11.4. The third-order valence-electron chi connectivity index (χ3n) is 5.17. The number of carbonyl (C=O) groups excluding carboxylic acids is 1. The molecule has 2 heterocycles. The fourth-order valence-corrected chi connectivity index (χ4v) is 4.52. The van der Waals surface area contributed by atoms with Gasteiger partial charge in [0, 0.05) is 15.3 Å². The Morgan fingerprint density at radius 1 is 1.21 bits per heavy atom. The molecule has 3 rings (SSSR count). The van der Waals surface area contributed by atoms with E-state index in [1.165, 1.54) is 15.3 Å². The van der Waals surface area contributed by atoms with E-state index in [0.717, 1.165) is 22.3 Å². The van der Waals surface area contributed by atoms with Crippen molar-refractivity contribution in [2.45, 2.75) is 33.6 Å². The predicted octanol–water partition coefficient (Wildman–Crippen LogP) is 5.04. The van der Waals surface area contributed by atoms with E-state index in [1.54, 1.807) is 18.4 Å². The monoisotopic (exact) mass is 409 g/mol. The molecule has 3 N–H and O–H groups in total. The van der Waals surface area contributed by atoms with Gasteiger partial charge in [-0.1, -0.05) is 31.2 Å². The summed E-state index contributed by atoms with van der Waals surface area (Å²) in [6.07, 6.45) is 0.699. The molecule has 0 saturated heterocycles. The number of aromatic nitrogens is 1. The fourth-order valence-electron chi connectivity index (χ4n) is 3.59. The van der Waals surface area contributed by atoms with Gasteiger partial charge in [-0.05, 0) is 56.0 Å². The van der Waals surface area contributed by atoms with Gasteiger partial charge in [0.1, 0.15) is 0 Å². The fraction of sp³-hybridized carbons (Fsp3) is 0.304. The summed E-state index contributed by atoms with van der Waals surface area (Å²) in [5.74, 6) is 0.826. The normalized spacial score (nSPS) is 11.9. The summed E-state index contributed by atoms with van der Waals surface area (Å²) in [7, 11) is 1.62. The van der Waals surface area contributed by atoms with Gasteiger partial charge in [-0.3, -0.25) is 4.79 Å². The zero-order valence-electron chi connectivity index (χ0n) is 17.5. The van der Waals surface area contributed by atoms with Crippen LogP contribution in [0.5, 0.6) is 5.88 Å². The van der Waals surface area contributed by atoms with Gasteiger partial charge in [-0.15, -0.1) is 11.3 Å². The SMILES string of the molecule is COc1nc(C)c(NC=O)c(-c2cc(C)sc2C)c1-c1ccc(C(C)CN)cc1. The molecule has 0 spiro atoms. The Hall–Kier alpha value is -2.70. The van der Waals surface area contributed by atoms with Gasteiger partial charge in [-0.25, -0.2) is 4.98 Å². The van der Waals surface area contributed by atoms with Crippen LogP contribution in [0, 0.1) is 20.8 Å². The largest absolute Gasteiger partial charge is 0.481 e. The van der Waals surface area contributed by atoms with E-state index in [4.69, 9.17) is 10.5 Å². The van der Waals surface area contributed by atoms with Crippen LogP contribution in [-0.4, -0.2) is 25.0 Å². The Kier molecular flexibility index (Phi) is 6.35. The number of hydrogen-bond acceptors (Lipinski definition) is 5. The van der Waals surface area contributed by atoms with Gasteiger partial charge < -0.3 is 15.8 Å². The first-order valence-corrected chi connectivity index (χ1v) is 10.4. The lowest BCUT2D eigenvalue weighted by Crippen LogP contribution is -2.08. The molecule has 0 bridgehead atoms. The molecule has 0 radical (unpaired) electrons. The Morgan fingerprint density at radius 3 is 2.41 bits per heavy atom. The van der Waals surface area contributed by atoms with E-state index in [1.807, 2.05) is 6.92 Å². The first-order valence-electron chi connectivity index (χ1n) is 9.57. The molecule has 0 aliphatic heterocycles. The molecular formula is C23H27N3O2S. The second kappa shape index (κ2) is 8.76. The molecule has 29 heavy (non-hydrogen) atoms. The summed E-state index contributed by atoms with van der Waals surface area (Å²) in [6, 6.07) is 10.5. The number of pyridine rings is 1. The van der Waals surface area contributed by atoms with E-state index in [-0.39, 0.29) is 5.92 Å². The van der Waals surface area contributed by atoms with Gasteiger partial charge in [0.15, 0.2) is 0 Å². The number of anilines is 1. The lowest BCUT2D eigenvalue weighted by Gasteiger charge is -2.20. The van der Waals surface area contributed by atoms with Crippen LogP contribution in [0.15, 0.2) is 30.3 Å². The van der Waals surface area contributed by atoms with Crippen LogP contribution < -0.4 is 15.8 Å². The Labute approximate surface area is 175 Å². The Bertz CT molecular complexity index is 1030. The highest BCUT2D eigenvalue weighted by Gasteiger charge is 2.23. The third kappa shape index (κ3) is 4.04. The van der Waals surface area contributed by atoms with Crippen LogP contribution in [0.25, 0.3) is 22.3 Å². The number of nitrogens with zero attached hydrogens (tertiary/aromatic N) is 1. The second-order valence-corrected chi connectivity index (χ2v) is 8.64. The highest BCUT2D eigenvalue weighted by Crippen LogP contribution is 2.46. The molecule has 1 unspecified atom stereocenters. The molecule has 1 aromatic carbocycles. The zero-order chi connectivity index (χ0) is 21.1. The van der Waals surface area contributed by atoms with E-state index >= 15 is 0 Å². The van der Waals surface area contributed by atoms with Crippen LogP contribution >= 0.6 is 11.3 Å². The standard InChI is InChI=1S/C23H27N3O2S/c1-13(11-24)17-6-8-18(9-7-17)20-21(19-10-14(2)29-16(19)4)22(25-12-27)15(3)26-23(20)28-5/h6-10,12-13H,11,24H2,1-5H3,(H,25,27). The topological polar surface area (TPSA) is 77.2 Å². The molecular weight excluding hydrogens is 382 g/mol. The number of ether oxygens (including phenoxy) is 1. The van der Waals surface area contributed by atoms with Gasteiger partial charge in [0.25, 0.3) is 0 Å². The molecule has 1 amide bonds. The molecule has 152 valence electrons. The lowest BCUT2D eigenvalue weighted by molar-refractivity contribution is -0.105. The average Bonchev–Trinajstić information content (AvgIpc) is 3.06. The molecule has 5 nitrogen and oxygen atoms in total. The number of nitrogens with one attached hydrogen (secondary N) is 1. The number of nitrogens with two attached hydrogens (primary N) is 1. The number of aryl methyl sites for hydroxylation is 3. The van der Waals surface area contributed by atoms with Crippen molar-refractivity contribution in [3.8, 4) is 28.1 Å². The minimum absolute atomic E-state index is 0.288. The summed E-state index contributed by atoms with van der Waals surface area (Å²) >= 11 is 1.73. The van der Waals surface area contributed by atoms with Crippen molar-refractivity contribution in [2.75, 3.05) is 19.0 Å². The van der Waals surface area contributed by atoms with E-state index in [9.17, 15) is 4.79 Å². The summed E-state index contributed by atoms with van der Waals surface area (Å²) in [4.78, 5) is 18.4. The van der Waals surface area contributed by atoms with Crippen LogP contribution in [0.2, 0.25) is 0 Å². The number of thiophene rings is 1. The molecule has 0 aliphatic carbocycles. The molecule has 1 atom stereocenters. The number of benzene rings is 1.